The van der Waals surface area contributed by atoms with E-state index in [1.165, 1.54) is 0 Å². The van der Waals surface area contributed by atoms with E-state index in [2.05, 4.69) is 21.7 Å². The van der Waals surface area contributed by atoms with Crippen molar-refractivity contribution in [3.05, 3.63) is 102 Å². The highest BCUT2D eigenvalue weighted by atomic mass is 32.2. The number of rotatable bonds is 16. The summed E-state index contributed by atoms with van der Waals surface area (Å²) in [5, 5.41) is 25.7. The maximum Gasteiger partial charge on any atom is 0.227 e. The highest BCUT2D eigenvalue weighted by Gasteiger charge is 2.22. The van der Waals surface area contributed by atoms with Gasteiger partial charge in [0.2, 0.25) is 5.95 Å². The Morgan fingerprint density at radius 1 is 0.933 bits per heavy atom. The Hall–Kier alpha value is -4.40. The van der Waals surface area contributed by atoms with Crippen LogP contribution in [0.3, 0.4) is 0 Å². The molecule has 0 radical (unpaired) electrons. The second-order valence-corrected chi connectivity index (χ2v) is 12.1. The molecule has 0 atom stereocenters. The molecule has 0 unspecified atom stereocenters. The molecule has 8 nitrogen and oxygen atoms in total. The molecule has 2 aromatic heterocycles. The number of aliphatic hydroxyl groups is 1. The van der Waals surface area contributed by atoms with Crippen molar-refractivity contribution >= 4 is 34.7 Å². The predicted octanol–water partition coefficient (Wildman–Crippen LogP) is 7.53. The van der Waals surface area contributed by atoms with Crippen LogP contribution in [0.1, 0.15) is 24.0 Å². The minimum absolute atomic E-state index is 0.197. The van der Waals surface area contributed by atoms with Gasteiger partial charge in [-0.2, -0.15) is 5.26 Å². The average molecular weight is 638 g/mol. The van der Waals surface area contributed by atoms with Gasteiger partial charge in [0.1, 0.15) is 24.2 Å². The molecule has 0 spiro atoms. The predicted molar refractivity (Wildman–Crippen MR) is 182 cm³/mol. The van der Waals surface area contributed by atoms with Crippen LogP contribution in [0.5, 0.6) is 11.5 Å². The highest BCUT2D eigenvalue weighted by molar-refractivity contribution is 8.00. The fourth-order valence-electron chi connectivity index (χ4n) is 4.65. The Kier molecular flexibility index (Phi) is 11.8. The molecule has 5 rings (SSSR count). The number of nitrogens with zero attached hydrogens (tertiary/aromatic N) is 3. The molecule has 0 bridgehead atoms. The van der Waals surface area contributed by atoms with Crippen LogP contribution in [0.25, 0.3) is 21.7 Å². The average Bonchev–Trinajstić information content (AvgIpc) is 3.47. The van der Waals surface area contributed by atoms with Crippen molar-refractivity contribution < 1.29 is 14.6 Å². The molecule has 3 aromatic carbocycles. The van der Waals surface area contributed by atoms with Crippen LogP contribution in [0.2, 0.25) is 0 Å². The van der Waals surface area contributed by atoms with Gasteiger partial charge in [0, 0.05) is 30.1 Å². The van der Waals surface area contributed by atoms with Gasteiger partial charge in [-0.25, -0.2) is 9.97 Å². The molecule has 0 fully saturated rings. The Morgan fingerprint density at radius 2 is 1.73 bits per heavy atom. The van der Waals surface area contributed by atoms with Gasteiger partial charge in [0.05, 0.1) is 27.0 Å². The molecule has 0 amide bonds. The Bertz CT molecular complexity index is 1720. The number of ether oxygens (including phenoxy) is 2. The minimum Gasteiger partial charge on any atom is -0.493 e. The van der Waals surface area contributed by atoms with E-state index >= 15 is 0 Å². The summed E-state index contributed by atoms with van der Waals surface area (Å²) >= 11 is 3.11. The number of hydrogen-bond donors (Lipinski definition) is 3. The summed E-state index contributed by atoms with van der Waals surface area (Å²) in [6.07, 6.45) is 5.32. The number of aliphatic hydroxyl groups excluding tert-OH is 1. The maximum atomic E-state index is 10.2. The van der Waals surface area contributed by atoms with Crippen molar-refractivity contribution in [2.45, 2.75) is 23.7 Å². The third kappa shape index (κ3) is 8.84. The van der Waals surface area contributed by atoms with Crippen LogP contribution in [-0.2, 0) is 6.61 Å². The van der Waals surface area contributed by atoms with Gasteiger partial charge in [0.15, 0.2) is 0 Å². The molecule has 0 saturated carbocycles. The van der Waals surface area contributed by atoms with Crippen molar-refractivity contribution in [3.63, 3.8) is 0 Å². The number of anilines is 2. The number of aromatic nitrogens is 2. The summed E-state index contributed by atoms with van der Waals surface area (Å²) in [6.45, 7) is 2.87. The molecule has 0 aliphatic rings. The number of nitriles is 1. The zero-order valence-corrected chi connectivity index (χ0v) is 26.7. The highest BCUT2D eigenvalue weighted by Crippen LogP contribution is 2.46. The molecule has 230 valence electrons. The second-order valence-electron chi connectivity index (χ2n) is 10.0. The first kappa shape index (κ1) is 32.0. The largest absolute Gasteiger partial charge is 0.493 e. The summed E-state index contributed by atoms with van der Waals surface area (Å²) in [5.41, 5.74) is 4.98. The van der Waals surface area contributed by atoms with Crippen LogP contribution < -0.4 is 20.1 Å². The third-order valence-electron chi connectivity index (χ3n) is 6.80. The van der Waals surface area contributed by atoms with Crippen LogP contribution >= 0.6 is 23.1 Å². The zero-order valence-electron chi connectivity index (χ0n) is 25.0. The second kappa shape index (κ2) is 16.6. The summed E-state index contributed by atoms with van der Waals surface area (Å²) in [6, 6.07) is 29.9. The van der Waals surface area contributed by atoms with Gasteiger partial charge in [-0.3, -0.25) is 0 Å². The van der Waals surface area contributed by atoms with Crippen LogP contribution in [0.4, 0.5) is 11.6 Å². The van der Waals surface area contributed by atoms with E-state index in [0.717, 1.165) is 74.6 Å². The summed E-state index contributed by atoms with van der Waals surface area (Å²) in [4.78, 5) is 10.2. The molecule has 3 N–H and O–H groups in total. The normalized spacial score (nSPS) is 10.8. The topological polar surface area (TPSA) is 112 Å². The molecular formula is C35H35N5O3S2. The fraction of sp³-hybridized carbons (Fsp3) is 0.229. The van der Waals surface area contributed by atoms with Crippen molar-refractivity contribution in [2.24, 2.45) is 0 Å². The van der Waals surface area contributed by atoms with Crippen LogP contribution in [0.15, 0.2) is 95.3 Å². The number of thiophene rings is 1. The number of nitrogens with one attached hydrogen (secondary N) is 2. The van der Waals surface area contributed by atoms with Crippen molar-refractivity contribution in [1.29, 1.82) is 5.26 Å². The van der Waals surface area contributed by atoms with Crippen molar-refractivity contribution in [3.8, 4) is 39.3 Å². The van der Waals surface area contributed by atoms with Gasteiger partial charge < -0.3 is 25.2 Å². The van der Waals surface area contributed by atoms with Crippen molar-refractivity contribution in [2.75, 3.05) is 37.9 Å². The van der Waals surface area contributed by atoms with E-state index in [-0.39, 0.29) is 6.61 Å². The first-order chi connectivity index (χ1) is 22.2. The molecule has 0 aliphatic carbocycles. The lowest BCUT2D eigenvalue weighted by atomic mass is 10.0. The van der Waals surface area contributed by atoms with E-state index < -0.39 is 0 Å². The molecule has 2 heterocycles. The first-order valence-corrected chi connectivity index (χ1v) is 16.8. The van der Waals surface area contributed by atoms with E-state index in [0.29, 0.717) is 24.7 Å². The van der Waals surface area contributed by atoms with Crippen molar-refractivity contribution in [1.82, 2.24) is 15.3 Å². The Labute approximate surface area is 272 Å². The summed E-state index contributed by atoms with van der Waals surface area (Å²) in [5.74, 6) is 1.93. The fourth-order valence-corrected chi connectivity index (χ4v) is 6.56. The monoisotopic (exact) mass is 637 g/mol. The molecule has 0 saturated heterocycles. The number of thioether (sulfide) groups is 1. The van der Waals surface area contributed by atoms with E-state index in [1.807, 2.05) is 91.2 Å². The molecular weight excluding hydrogens is 603 g/mol. The van der Waals surface area contributed by atoms with E-state index in [1.54, 1.807) is 29.3 Å². The lowest BCUT2D eigenvalue weighted by molar-refractivity contribution is 0.282. The van der Waals surface area contributed by atoms with Gasteiger partial charge >= 0.3 is 0 Å². The number of hydrogen-bond acceptors (Lipinski definition) is 10. The summed E-state index contributed by atoms with van der Waals surface area (Å²) in [7, 11) is 0. The van der Waals surface area contributed by atoms with Gasteiger partial charge in [-0.1, -0.05) is 48.5 Å². The Morgan fingerprint density at radius 3 is 2.53 bits per heavy atom. The molecule has 5 aromatic rings. The lowest BCUT2D eigenvalue weighted by Gasteiger charge is -2.11. The standard InChI is InChI=1S/C35H35N5O3S2/c1-44-34-30(23-36)32(26-11-5-13-28(21-26)43-24-25-9-3-2-4-10-25)33(45-34)31-15-18-38-35(40-31)39-27-12-6-14-29(22-27)42-20-8-17-37-16-7-19-41/h2-6,9-15,18,21-22,37,41H,7-8,16-17,19-20,24H2,1H3,(H,38,39,40). The first-order valence-electron chi connectivity index (χ1n) is 14.7. The Balaban J connectivity index is 1.34. The smallest absolute Gasteiger partial charge is 0.227 e. The van der Waals surface area contributed by atoms with Gasteiger partial charge in [-0.15, -0.1) is 23.1 Å². The minimum atomic E-state index is 0.197. The maximum absolute atomic E-state index is 10.2. The van der Waals surface area contributed by atoms with E-state index in [4.69, 9.17) is 19.6 Å². The van der Waals surface area contributed by atoms with Gasteiger partial charge in [-0.05, 0) is 73.6 Å². The quantitative estimate of drug-likeness (QED) is 0.0747. The molecule has 45 heavy (non-hydrogen) atoms. The molecule has 0 aliphatic heterocycles. The van der Waals surface area contributed by atoms with Crippen LogP contribution in [-0.4, -0.2) is 47.6 Å². The number of benzene rings is 3. The van der Waals surface area contributed by atoms with Crippen LogP contribution in [0, 0.1) is 11.3 Å². The SMILES string of the molecule is CSc1sc(-c2ccnc(Nc3cccc(OCCCNCCCO)c3)n2)c(-c2cccc(OCc3ccccc3)c2)c1C#N. The lowest BCUT2D eigenvalue weighted by Crippen LogP contribution is -2.19. The molecule has 10 heteroatoms. The third-order valence-corrected chi connectivity index (χ3v) is 9.13. The van der Waals surface area contributed by atoms with Gasteiger partial charge in [0.25, 0.3) is 0 Å². The van der Waals surface area contributed by atoms with E-state index in [9.17, 15) is 5.26 Å². The zero-order chi connectivity index (χ0) is 31.3. The summed E-state index contributed by atoms with van der Waals surface area (Å²) < 4.78 is 13.0.